The number of hydrogen-bond donors (Lipinski definition) is 0. The molecule has 0 bridgehead atoms. The number of furan rings is 2. The molecule has 0 aliphatic carbocycles. The van der Waals surface area contributed by atoms with E-state index in [2.05, 4.69) is 169 Å². The maximum Gasteiger partial charge on any atom is 0.160 e. The lowest BCUT2D eigenvalue weighted by Gasteiger charge is -2.15. The molecule has 62 heavy (non-hydrogen) atoms. The Bertz CT molecular complexity index is 3510. The molecule has 0 amide bonds. The van der Waals surface area contributed by atoms with Crippen LogP contribution in [-0.2, 0) is 0 Å². The van der Waals surface area contributed by atoms with Crippen LogP contribution in [0.1, 0.15) is 0 Å². The first-order chi connectivity index (χ1) is 30.7. The van der Waals surface area contributed by atoms with Gasteiger partial charge >= 0.3 is 0 Å². The van der Waals surface area contributed by atoms with Gasteiger partial charge in [0.2, 0.25) is 0 Å². The Balaban J connectivity index is 1.10. The molecule has 5 nitrogen and oxygen atoms in total. The molecule has 12 rings (SSSR count). The van der Waals surface area contributed by atoms with E-state index in [0.717, 1.165) is 116 Å². The number of hydrogen-bond acceptors (Lipinski definition) is 5. The van der Waals surface area contributed by atoms with Crippen molar-refractivity contribution < 1.29 is 8.83 Å². The molecule has 0 unspecified atom stereocenters. The molecule has 0 aliphatic heterocycles. The third kappa shape index (κ3) is 6.32. The lowest BCUT2D eigenvalue weighted by molar-refractivity contribution is 0.668. The molecule has 0 spiro atoms. The topological polar surface area (TPSA) is 65.0 Å². The molecule has 290 valence electrons. The quantitative estimate of drug-likeness (QED) is 0.161. The van der Waals surface area contributed by atoms with E-state index in [9.17, 15) is 0 Å². The maximum absolute atomic E-state index is 6.26. The molecule has 8 aromatic carbocycles. The molecule has 0 atom stereocenters. The van der Waals surface area contributed by atoms with Gasteiger partial charge in [-0.25, -0.2) is 9.97 Å². The average molecular weight is 794 g/mol. The molecule has 0 fully saturated rings. The summed E-state index contributed by atoms with van der Waals surface area (Å²) in [4.78, 5) is 15.2. The highest BCUT2D eigenvalue weighted by atomic mass is 16.3. The summed E-state index contributed by atoms with van der Waals surface area (Å²) in [7, 11) is 0. The lowest BCUT2D eigenvalue weighted by Crippen LogP contribution is -1.98. The van der Waals surface area contributed by atoms with E-state index in [1.807, 2.05) is 42.6 Å². The van der Waals surface area contributed by atoms with Crippen LogP contribution >= 0.6 is 0 Å². The first-order valence-corrected chi connectivity index (χ1v) is 20.7. The number of pyridine rings is 1. The number of rotatable bonds is 7. The largest absolute Gasteiger partial charge is 0.456 e. The molecule has 5 heteroatoms. The highest BCUT2D eigenvalue weighted by molar-refractivity contribution is 6.08. The molecule has 12 aromatic rings. The van der Waals surface area contributed by atoms with Crippen molar-refractivity contribution in [3.63, 3.8) is 0 Å². The summed E-state index contributed by atoms with van der Waals surface area (Å²) in [5, 5.41) is 4.34. The number of aromatic nitrogens is 3. The molecular formula is C57H35N3O2. The van der Waals surface area contributed by atoms with E-state index in [1.165, 1.54) is 0 Å². The zero-order valence-corrected chi connectivity index (χ0v) is 33.4. The van der Waals surface area contributed by atoms with E-state index < -0.39 is 0 Å². The van der Waals surface area contributed by atoms with Crippen molar-refractivity contribution in [3.8, 4) is 78.4 Å². The van der Waals surface area contributed by atoms with Gasteiger partial charge in [0.15, 0.2) is 5.82 Å². The first kappa shape index (κ1) is 35.5. The van der Waals surface area contributed by atoms with Gasteiger partial charge in [0.1, 0.15) is 22.3 Å². The maximum atomic E-state index is 6.26. The second-order valence-electron chi connectivity index (χ2n) is 15.6. The second-order valence-corrected chi connectivity index (χ2v) is 15.6. The Labute approximate surface area is 357 Å². The molecule has 4 aromatic heterocycles. The monoisotopic (exact) mass is 793 g/mol. The third-order valence-corrected chi connectivity index (χ3v) is 11.8. The summed E-state index contributed by atoms with van der Waals surface area (Å²) in [6.45, 7) is 0. The van der Waals surface area contributed by atoms with Gasteiger partial charge in [0.05, 0.1) is 11.4 Å². The van der Waals surface area contributed by atoms with Crippen LogP contribution in [0.3, 0.4) is 0 Å². The number of para-hydroxylation sites is 2. The Morgan fingerprint density at radius 2 is 0.806 bits per heavy atom. The molecule has 0 aliphatic rings. The predicted octanol–water partition coefficient (Wildman–Crippen LogP) is 15.3. The van der Waals surface area contributed by atoms with E-state index in [4.69, 9.17) is 18.8 Å². The summed E-state index contributed by atoms with van der Waals surface area (Å²) in [5.74, 6) is 0.640. The minimum absolute atomic E-state index is 0.640. The second kappa shape index (κ2) is 14.7. The van der Waals surface area contributed by atoms with Gasteiger partial charge in [-0.3, -0.25) is 4.98 Å². The molecular weight excluding hydrogens is 759 g/mol. The van der Waals surface area contributed by atoms with Crippen LogP contribution in [0.15, 0.2) is 221 Å². The standard InChI is InChI=1S/C57H35N3O2/c1-2-12-36(13-3-1)37-14-10-15-40(28-37)57-59-51(34-52(60-57)46-18-5-4-17-45(46)41-16-11-27-58-35-41)44-30-42(38-23-25-55-49(32-38)47-19-6-8-21-53(47)61-55)29-43(31-44)39-24-26-56-50(33-39)48-20-7-9-22-54(48)62-56/h1-35H. The van der Waals surface area contributed by atoms with Gasteiger partial charge in [0.25, 0.3) is 0 Å². The number of nitrogens with zero attached hydrogens (tertiary/aromatic N) is 3. The molecule has 4 heterocycles. The van der Waals surface area contributed by atoms with Gasteiger partial charge in [-0.15, -0.1) is 0 Å². The van der Waals surface area contributed by atoms with Gasteiger partial charge in [-0.1, -0.05) is 127 Å². The molecule has 0 saturated carbocycles. The van der Waals surface area contributed by atoms with Crippen LogP contribution in [0.4, 0.5) is 0 Å². The van der Waals surface area contributed by atoms with Crippen LogP contribution in [0, 0.1) is 0 Å². The normalized spacial score (nSPS) is 11.5. The smallest absolute Gasteiger partial charge is 0.160 e. The van der Waals surface area contributed by atoms with Crippen molar-refractivity contribution >= 4 is 43.9 Å². The van der Waals surface area contributed by atoms with E-state index in [0.29, 0.717) is 5.82 Å². The summed E-state index contributed by atoms with van der Waals surface area (Å²) >= 11 is 0. The molecule has 0 N–H and O–H groups in total. The summed E-state index contributed by atoms with van der Waals surface area (Å²) in [6.07, 6.45) is 3.71. The average Bonchev–Trinajstić information content (AvgIpc) is 3.92. The van der Waals surface area contributed by atoms with Crippen LogP contribution in [0.2, 0.25) is 0 Å². The Morgan fingerprint density at radius 3 is 1.48 bits per heavy atom. The zero-order valence-electron chi connectivity index (χ0n) is 33.4. The van der Waals surface area contributed by atoms with Crippen LogP contribution in [0.5, 0.6) is 0 Å². The first-order valence-electron chi connectivity index (χ1n) is 20.7. The minimum Gasteiger partial charge on any atom is -0.456 e. The SMILES string of the molecule is c1ccc(-c2cccc(-c3nc(-c4cc(-c5ccc6oc7ccccc7c6c5)cc(-c5ccc6oc7ccccc7c6c5)c4)cc(-c4ccccc4-c4cccnc4)n3)c2)cc1. The third-order valence-electron chi connectivity index (χ3n) is 11.8. The van der Waals surface area contributed by atoms with Gasteiger partial charge in [0, 0.05) is 56.2 Å². The van der Waals surface area contributed by atoms with E-state index in [-0.39, 0.29) is 0 Å². The van der Waals surface area contributed by atoms with Crippen molar-refractivity contribution in [2.45, 2.75) is 0 Å². The summed E-state index contributed by atoms with van der Waals surface area (Å²) in [5.41, 5.74) is 16.6. The zero-order chi connectivity index (χ0) is 41.0. The highest BCUT2D eigenvalue weighted by Crippen LogP contribution is 2.40. The fourth-order valence-electron chi connectivity index (χ4n) is 8.73. The van der Waals surface area contributed by atoms with Crippen molar-refractivity contribution in [1.82, 2.24) is 15.0 Å². The minimum atomic E-state index is 0.640. The predicted molar refractivity (Wildman–Crippen MR) is 252 cm³/mol. The fraction of sp³-hybridized carbons (Fsp3) is 0. The van der Waals surface area contributed by atoms with Crippen molar-refractivity contribution in [3.05, 3.63) is 213 Å². The van der Waals surface area contributed by atoms with Gasteiger partial charge in [-0.05, 0) is 112 Å². The summed E-state index contributed by atoms with van der Waals surface area (Å²) < 4.78 is 12.5. The fourth-order valence-corrected chi connectivity index (χ4v) is 8.73. The van der Waals surface area contributed by atoms with E-state index in [1.54, 1.807) is 6.20 Å². The number of fused-ring (bicyclic) bond motifs is 6. The summed E-state index contributed by atoms with van der Waals surface area (Å²) in [6, 6.07) is 69.7. The van der Waals surface area contributed by atoms with Crippen molar-refractivity contribution in [2.75, 3.05) is 0 Å². The van der Waals surface area contributed by atoms with Crippen LogP contribution < -0.4 is 0 Å². The lowest BCUT2D eigenvalue weighted by atomic mass is 9.93. The highest BCUT2D eigenvalue weighted by Gasteiger charge is 2.18. The van der Waals surface area contributed by atoms with Crippen molar-refractivity contribution in [2.24, 2.45) is 0 Å². The Morgan fingerprint density at radius 1 is 0.290 bits per heavy atom. The van der Waals surface area contributed by atoms with E-state index >= 15 is 0 Å². The molecule has 0 radical (unpaired) electrons. The van der Waals surface area contributed by atoms with Crippen molar-refractivity contribution in [1.29, 1.82) is 0 Å². The Hall–Kier alpha value is -8.41. The van der Waals surface area contributed by atoms with Gasteiger partial charge < -0.3 is 8.83 Å². The van der Waals surface area contributed by atoms with Gasteiger partial charge in [-0.2, -0.15) is 0 Å². The van der Waals surface area contributed by atoms with Crippen LogP contribution in [-0.4, -0.2) is 15.0 Å². The Kier molecular flexibility index (Phi) is 8.42. The number of benzene rings is 8. The molecule has 0 saturated heterocycles. The van der Waals surface area contributed by atoms with Crippen LogP contribution in [0.25, 0.3) is 122 Å².